The van der Waals surface area contributed by atoms with E-state index in [2.05, 4.69) is 47.4 Å². The maximum atomic E-state index is 14.4. The Bertz CT molecular complexity index is 3090. The van der Waals surface area contributed by atoms with Gasteiger partial charge in [-0.2, -0.15) is 14.5 Å². The number of nitrogens with one attached hydrogen (secondary N) is 2. The van der Waals surface area contributed by atoms with E-state index >= 15 is 0 Å². The van der Waals surface area contributed by atoms with Gasteiger partial charge in [0, 0.05) is 63.5 Å². The average molecular weight is 1260 g/mol. The largest absolute Gasteiger partial charge is 0.450 e. The fourth-order valence-corrected chi connectivity index (χ4v) is 14.4. The number of amidine groups is 2. The van der Waals surface area contributed by atoms with Gasteiger partial charge < -0.3 is 51.6 Å². The fraction of sp³-hybridized carbons (Fsp3) is 0.531. The summed E-state index contributed by atoms with van der Waals surface area (Å²) in [7, 11) is -8.36. The molecule has 22 nitrogen and oxygen atoms in total. The molecule has 0 aromatic heterocycles. The van der Waals surface area contributed by atoms with Crippen molar-refractivity contribution in [3.63, 3.8) is 0 Å². The Morgan fingerprint density at radius 1 is 0.500 bits per heavy atom. The summed E-state index contributed by atoms with van der Waals surface area (Å²) in [5, 5.41) is 15.8. The Morgan fingerprint density at radius 3 is 1.08 bits per heavy atom. The van der Waals surface area contributed by atoms with Crippen molar-refractivity contribution in [2.24, 2.45) is 27.6 Å². The number of nitrogens with zero attached hydrogens (tertiary/aromatic N) is 6. The van der Waals surface area contributed by atoms with Crippen molar-refractivity contribution in [1.82, 2.24) is 29.0 Å². The van der Waals surface area contributed by atoms with E-state index in [0.717, 1.165) is 22.3 Å². The van der Waals surface area contributed by atoms with Crippen molar-refractivity contribution in [3.05, 3.63) is 128 Å². The third-order valence-electron chi connectivity index (χ3n) is 15.7. The van der Waals surface area contributed by atoms with E-state index in [-0.39, 0.29) is 141 Å². The second-order valence-electron chi connectivity index (χ2n) is 24.2. The first-order valence-electron chi connectivity index (χ1n) is 30.4. The molecular weight excluding hydrogens is 1160 g/mol. The van der Waals surface area contributed by atoms with Crippen LogP contribution in [0.5, 0.6) is 0 Å². The molecule has 88 heavy (non-hydrogen) atoms. The van der Waals surface area contributed by atoms with Gasteiger partial charge in [0.2, 0.25) is 31.9 Å². The van der Waals surface area contributed by atoms with E-state index in [9.17, 15) is 36.0 Å². The summed E-state index contributed by atoms with van der Waals surface area (Å²) in [6.07, 6.45) is -0.773. The smallest absolute Gasteiger partial charge is 0.409 e. The van der Waals surface area contributed by atoms with E-state index in [1.54, 1.807) is 77.1 Å². The molecule has 2 aliphatic rings. The summed E-state index contributed by atoms with van der Waals surface area (Å²) < 4.78 is 73.3. The van der Waals surface area contributed by atoms with Crippen molar-refractivity contribution in [2.75, 3.05) is 65.6 Å². The molecule has 4 aromatic carbocycles. The maximum Gasteiger partial charge on any atom is 0.409 e. The lowest BCUT2D eigenvalue weighted by Gasteiger charge is -2.36. The van der Waals surface area contributed by atoms with Gasteiger partial charge in [-0.3, -0.25) is 9.59 Å². The van der Waals surface area contributed by atoms with Gasteiger partial charge in [-0.1, -0.05) is 149 Å². The molecule has 2 atom stereocenters. The van der Waals surface area contributed by atoms with Crippen molar-refractivity contribution >= 4 is 55.7 Å². The number of ether oxygens (including phenoxy) is 2. The molecule has 0 spiro atoms. The van der Waals surface area contributed by atoms with Gasteiger partial charge in [-0.25, -0.2) is 26.4 Å². The number of rotatable bonds is 22. The average Bonchev–Trinajstić information content (AvgIpc) is 1.58. The van der Waals surface area contributed by atoms with Crippen molar-refractivity contribution < 1.29 is 50.7 Å². The number of nitrogens with two attached hydrogens (primary N) is 3. The lowest BCUT2D eigenvalue weighted by Crippen LogP contribution is -2.56. The van der Waals surface area contributed by atoms with Crippen LogP contribution in [0.15, 0.2) is 92.8 Å². The molecule has 4 aromatic rings. The van der Waals surface area contributed by atoms with Crippen LogP contribution in [0.2, 0.25) is 0 Å². The van der Waals surface area contributed by atoms with Crippen LogP contribution in [0.1, 0.15) is 188 Å². The third-order valence-corrected chi connectivity index (χ3v) is 18.9. The van der Waals surface area contributed by atoms with E-state index < -0.39 is 50.2 Å². The third kappa shape index (κ3) is 18.4. The molecule has 6 rings (SSSR count). The van der Waals surface area contributed by atoms with Crippen LogP contribution in [0.3, 0.4) is 0 Å². The highest BCUT2D eigenvalue weighted by atomic mass is 32.2. The van der Waals surface area contributed by atoms with Gasteiger partial charge in [-0.15, -0.1) is 0 Å². The monoisotopic (exact) mass is 1260 g/mol. The Hall–Kier alpha value is -7.28. The molecule has 0 saturated carbocycles. The summed E-state index contributed by atoms with van der Waals surface area (Å²) in [4.78, 5) is 59.2. The highest BCUT2D eigenvalue weighted by Crippen LogP contribution is 2.37. The first-order chi connectivity index (χ1) is 41.4. The first-order valence-corrected chi connectivity index (χ1v) is 33.4. The number of piperazine rings is 2. The molecule has 484 valence electrons. The minimum Gasteiger partial charge on any atom is -0.450 e. The predicted octanol–water partition coefficient (Wildman–Crippen LogP) is 8.17. The van der Waals surface area contributed by atoms with Gasteiger partial charge >= 0.3 is 12.2 Å². The minimum atomic E-state index is -4.19. The quantitative estimate of drug-likeness (QED) is 0.0142. The lowest BCUT2D eigenvalue weighted by molar-refractivity contribution is -0.135. The van der Waals surface area contributed by atoms with Crippen LogP contribution in [0.25, 0.3) is 0 Å². The normalized spacial score (nSPS) is 15.3. The summed E-state index contributed by atoms with van der Waals surface area (Å²) >= 11 is 0. The standard InChI is InChI=1S/C32H48N6O5S.C32H47N5O6S/c1-8-43-32(40)38-14-12-37(13-15-38)31(39)28(17-23-10-9-11-24(16-23)30(33)35-34)36-44(41,42)29-26(21(4)5)18-25(20(2)3)19-27(29)22(6)7;1-8-43-32(39)37-14-12-36(13-15-37)31(38)28(17-23-10-9-11-24(16-23)30(33)34-40)35-44(41,42)29-26(21(4)5)18-25(20(2)3)19-27(29)22(6)7/h9-11,16,18-22,28,36H,8,12-15,17,34H2,1-7H3,(H2,33,35);9-11,16,18-22,28,35,40H,8,12-15,17H2,1-7H3,(H2,33,34). The Kier molecular flexibility index (Phi) is 25.8. The van der Waals surface area contributed by atoms with Crippen LogP contribution in [0, 0.1) is 0 Å². The number of benzene rings is 4. The minimum absolute atomic E-state index is 0.0286. The molecule has 2 fully saturated rings. The second-order valence-corrected chi connectivity index (χ2v) is 27.5. The van der Waals surface area contributed by atoms with E-state index in [0.29, 0.717) is 33.4 Å². The molecular formula is C64H95N11O11S2. The van der Waals surface area contributed by atoms with Crippen LogP contribution in [0.4, 0.5) is 9.59 Å². The van der Waals surface area contributed by atoms with Gasteiger partial charge in [0.25, 0.3) is 0 Å². The van der Waals surface area contributed by atoms with Crippen molar-refractivity contribution in [3.8, 4) is 0 Å². The Labute approximate surface area is 521 Å². The van der Waals surface area contributed by atoms with E-state index in [1.807, 2.05) is 79.7 Å². The number of carbonyl (C=O) groups excluding carboxylic acids is 4. The molecule has 2 unspecified atom stereocenters. The van der Waals surface area contributed by atoms with Crippen LogP contribution < -0.4 is 26.8 Å². The Morgan fingerprint density at radius 2 is 0.807 bits per heavy atom. The maximum absolute atomic E-state index is 14.4. The molecule has 0 aliphatic carbocycles. The summed E-state index contributed by atoms with van der Waals surface area (Å²) in [6, 6.07) is 19.4. The van der Waals surface area contributed by atoms with Crippen molar-refractivity contribution in [2.45, 2.75) is 167 Å². The van der Waals surface area contributed by atoms with Crippen LogP contribution in [-0.4, -0.2) is 155 Å². The fourth-order valence-electron chi connectivity index (χ4n) is 10.7. The molecule has 4 amide bonds. The summed E-state index contributed by atoms with van der Waals surface area (Å²) in [5.74, 6) is 4.74. The number of amides is 4. The van der Waals surface area contributed by atoms with Gasteiger partial charge in [0.1, 0.15) is 17.9 Å². The van der Waals surface area contributed by atoms with E-state index in [1.165, 1.54) is 4.90 Å². The number of hydrazone groups is 1. The Balaban J connectivity index is 0.000000321. The second kappa shape index (κ2) is 31.8. The molecule has 2 aliphatic heterocycles. The molecule has 0 radical (unpaired) electrons. The van der Waals surface area contributed by atoms with Gasteiger partial charge in [-0.05, 0) is 119 Å². The zero-order valence-electron chi connectivity index (χ0n) is 53.8. The molecule has 2 saturated heterocycles. The SMILES string of the molecule is CCOC(=O)N1CCN(C(=O)C(Cc2cccc(/C(N)=N\N)c2)NS(=O)(=O)c2c(C(C)C)cc(C(C)C)cc2C(C)C)CC1.CCOC(=O)N1CCN(C(=O)C(Cc2cccc(/C(N)=N\O)c2)NS(=O)(=O)c2c(C(C)C)cc(C(C)C)cc2C(C)C)CC1. The number of oxime groups is 1. The molecule has 0 bridgehead atoms. The summed E-state index contributed by atoms with van der Waals surface area (Å²) in [6.45, 7) is 30.2. The number of hydrogen-bond acceptors (Lipinski definition) is 14. The predicted molar refractivity (Wildman–Crippen MR) is 344 cm³/mol. The topological polar surface area (TPSA) is 315 Å². The highest BCUT2D eigenvalue weighted by molar-refractivity contribution is 7.90. The number of hydrogen-bond donors (Lipinski definition) is 6. The number of sulfonamides is 2. The molecule has 9 N–H and O–H groups in total. The van der Waals surface area contributed by atoms with Gasteiger partial charge in [0.15, 0.2) is 5.84 Å². The zero-order valence-corrected chi connectivity index (χ0v) is 55.4. The lowest BCUT2D eigenvalue weighted by atomic mass is 9.89. The van der Waals surface area contributed by atoms with E-state index in [4.69, 9.17) is 32.0 Å². The molecule has 24 heteroatoms. The van der Waals surface area contributed by atoms with Crippen LogP contribution >= 0.6 is 0 Å². The number of carbonyl (C=O) groups is 4. The van der Waals surface area contributed by atoms with Gasteiger partial charge in [0.05, 0.1) is 23.0 Å². The summed E-state index contributed by atoms with van der Waals surface area (Å²) in [5.41, 5.74) is 19.0. The highest BCUT2D eigenvalue weighted by Gasteiger charge is 2.38. The zero-order chi connectivity index (χ0) is 65.5. The van der Waals surface area contributed by atoms with Crippen LogP contribution in [-0.2, 0) is 52.0 Å². The first kappa shape index (κ1) is 71.5. The van der Waals surface area contributed by atoms with Crippen molar-refractivity contribution in [1.29, 1.82) is 0 Å². The molecule has 2 heterocycles.